The van der Waals surface area contributed by atoms with E-state index in [0.29, 0.717) is 6.42 Å². The number of hydrogen-bond acceptors (Lipinski definition) is 5. The van der Waals surface area contributed by atoms with Gasteiger partial charge in [-0.1, -0.05) is 13.3 Å². The van der Waals surface area contributed by atoms with E-state index in [9.17, 15) is 9.59 Å². The highest BCUT2D eigenvalue weighted by atomic mass is 16.6. The topological polar surface area (TPSA) is 64.6 Å². The maximum atomic E-state index is 11.6. The van der Waals surface area contributed by atoms with E-state index in [2.05, 4.69) is 5.32 Å². The minimum absolute atomic E-state index is 0.284. The van der Waals surface area contributed by atoms with Crippen LogP contribution < -0.4 is 5.32 Å². The zero-order chi connectivity index (χ0) is 13.8. The SMILES string of the molecule is CCNCCCCC(C(=O)OCC)C(=O)OCC. The number of nitrogens with one attached hydrogen (secondary N) is 1. The molecule has 0 fully saturated rings. The van der Waals surface area contributed by atoms with Crippen LogP contribution >= 0.6 is 0 Å². The summed E-state index contributed by atoms with van der Waals surface area (Å²) in [5.74, 6) is -1.72. The second kappa shape index (κ2) is 11.0. The maximum absolute atomic E-state index is 11.6. The number of hydrogen-bond donors (Lipinski definition) is 1. The lowest BCUT2D eigenvalue weighted by molar-refractivity contribution is -0.161. The first-order chi connectivity index (χ1) is 8.67. The highest BCUT2D eigenvalue weighted by molar-refractivity contribution is 5.94. The highest BCUT2D eigenvalue weighted by Crippen LogP contribution is 2.13. The van der Waals surface area contributed by atoms with Crippen molar-refractivity contribution < 1.29 is 19.1 Å². The van der Waals surface area contributed by atoms with Crippen molar-refractivity contribution in [2.45, 2.75) is 40.0 Å². The van der Waals surface area contributed by atoms with E-state index in [-0.39, 0.29) is 13.2 Å². The third kappa shape index (κ3) is 7.27. The number of esters is 2. The van der Waals surface area contributed by atoms with Crippen LogP contribution in [0.25, 0.3) is 0 Å². The van der Waals surface area contributed by atoms with Gasteiger partial charge in [-0.15, -0.1) is 0 Å². The molecule has 0 spiro atoms. The minimum atomic E-state index is -0.772. The first-order valence-corrected chi connectivity index (χ1v) is 6.71. The van der Waals surface area contributed by atoms with Crippen LogP contribution in [-0.4, -0.2) is 38.2 Å². The van der Waals surface area contributed by atoms with Gasteiger partial charge in [0.2, 0.25) is 0 Å². The minimum Gasteiger partial charge on any atom is -0.465 e. The molecule has 0 aliphatic carbocycles. The summed E-state index contributed by atoms with van der Waals surface area (Å²) >= 11 is 0. The molecule has 0 aliphatic rings. The van der Waals surface area contributed by atoms with E-state index in [1.807, 2.05) is 6.92 Å². The summed E-state index contributed by atoms with van der Waals surface area (Å²) in [5.41, 5.74) is 0. The summed E-state index contributed by atoms with van der Waals surface area (Å²) in [6, 6.07) is 0. The van der Waals surface area contributed by atoms with E-state index in [1.165, 1.54) is 0 Å². The Balaban J connectivity index is 4.12. The molecule has 0 saturated heterocycles. The second-order valence-corrected chi connectivity index (χ2v) is 3.91. The number of rotatable bonds is 10. The molecule has 0 aromatic heterocycles. The molecule has 5 nitrogen and oxygen atoms in total. The molecule has 0 radical (unpaired) electrons. The molecule has 0 bridgehead atoms. The van der Waals surface area contributed by atoms with Crippen LogP contribution in [0.15, 0.2) is 0 Å². The summed E-state index contributed by atoms with van der Waals surface area (Å²) in [6.45, 7) is 7.89. The molecule has 0 unspecified atom stereocenters. The van der Waals surface area contributed by atoms with E-state index in [4.69, 9.17) is 9.47 Å². The molecule has 5 heteroatoms. The Hall–Kier alpha value is -1.10. The van der Waals surface area contributed by atoms with Crippen molar-refractivity contribution >= 4 is 11.9 Å². The number of unbranched alkanes of at least 4 members (excludes halogenated alkanes) is 1. The lowest BCUT2D eigenvalue weighted by Gasteiger charge is -2.14. The summed E-state index contributed by atoms with van der Waals surface area (Å²) in [5, 5.41) is 3.20. The fraction of sp³-hybridized carbons (Fsp3) is 0.846. The van der Waals surface area contributed by atoms with Gasteiger partial charge in [-0.2, -0.15) is 0 Å². The number of carbonyl (C=O) groups excluding carboxylic acids is 2. The van der Waals surface area contributed by atoms with Gasteiger partial charge in [0.1, 0.15) is 0 Å². The summed E-state index contributed by atoms with van der Waals surface area (Å²) in [7, 11) is 0. The van der Waals surface area contributed by atoms with Gasteiger partial charge >= 0.3 is 11.9 Å². The quantitative estimate of drug-likeness (QED) is 0.366. The van der Waals surface area contributed by atoms with Crippen molar-refractivity contribution in [1.82, 2.24) is 5.32 Å². The standard InChI is InChI=1S/C13H25NO4/c1-4-14-10-8-7-9-11(12(15)17-5-2)13(16)18-6-3/h11,14H,4-10H2,1-3H3. The Bertz CT molecular complexity index is 225. The predicted molar refractivity (Wildman–Crippen MR) is 69.2 cm³/mol. The third-order valence-electron chi connectivity index (χ3n) is 2.49. The molecule has 0 aromatic carbocycles. The molecule has 0 heterocycles. The Morgan fingerprint density at radius 3 is 2.00 bits per heavy atom. The lowest BCUT2D eigenvalue weighted by atomic mass is 10.0. The van der Waals surface area contributed by atoms with Crippen LogP contribution in [0.4, 0.5) is 0 Å². The molecule has 0 amide bonds. The summed E-state index contributed by atoms with van der Waals surface area (Å²) < 4.78 is 9.79. The predicted octanol–water partition coefficient (Wildman–Crippen LogP) is 1.51. The Labute approximate surface area is 109 Å². The molecular weight excluding hydrogens is 234 g/mol. The average Bonchev–Trinajstić information content (AvgIpc) is 2.34. The van der Waals surface area contributed by atoms with Gasteiger partial charge in [-0.05, 0) is 39.8 Å². The molecular formula is C13H25NO4. The normalized spacial score (nSPS) is 10.4. The third-order valence-corrected chi connectivity index (χ3v) is 2.49. The summed E-state index contributed by atoms with van der Waals surface area (Å²) in [6.07, 6.45) is 2.22. The van der Waals surface area contributed by atoms with Gasteiger partial charge in [-0.25, -0.2) is 0 Å². The zero-order valence-corrected chi connectivity index (χ0v) is 11.7. The van der Waals surface area contributed by atoms with Gasteiger partial charge in [0, 0.05) is 0 Å². The monoisotopic (exact) mass is 259 g/mol. The molecule has 0 atom stereocenters. The molecule has 18 heavy (non-hydrogen) atoms. The van der Waals surface area contributed by atoms with Gasteiger partial charge in [-0.3, -0.25) is 9.59 Å². The van der Waals surface area contributed by atoms with Crippen LogP contribution in [0.2, 0.25) is 0 Å². The van der Waals surface area contributed by atoms with Crippen LogP contribution in [0, 0.1) is 5.92 Å². The van der Waals surface area contributed by atoms with E-state index < -0.39 is 17.9 Å². The largest absolute Gasteiger partial charge is 0.465 e. The fourth-order valence-corrected chi connectivity index (χ4v) is 1.59. The smallest absolute Gasteiger partial charge is 0.320 e. The molecule has 0 aliphatic heterocycles. The van der Waals surface area contributed by atoms with Gasteiger partial charge in [0.25, 0.3) is 0 Å². The molecule has 0 rings (SSSR count). The van der Waals surface area contributed by atoms with E-state index in [1.54, 1.807) is 13.8 Å². The van der Waals surface area contributed by atoms with Crippen LogP contribution in [-0.2, 0) is 19.1 Å². The van der Waals surface area contributed by atoms with Gasteiger partial charge in [0.15, 0.2) is 5.92 Å². The van der Waals surface area contributed by atoms with Crippen molar-refractivity contribution in [3.8, 4) is 0 Å². The Kier molecular flexibility index (Phi) is 10.3. The maximum Gasteiger partial charge on any atom is 0.320 e. The zero-order valence-electron chi connectivity index (χ0n) is 11.7. The Morgan fingerprint density at radius 2 is 1.56 bits per heavy atom. The van der Waals surface area contributed by atoms with Crippen molar-refractivity contribution in [2.24, 2.45) is 5.92 Å². The molecule has 1 N–H and O–H groups in total. The van der Waals surface area contributed by atoms with Gasteiger partial charge < -0.3 is 14.8 Å². The van der Waals surface area contributed by atoms with E-state index >= 15 is 0 Å². The Morgan fingerprint density at radius 1 is 1.00 bits per heavy atom. The van der Waals surface area contributed by atoms with Crippen LogP contribution in [0.5, 0.6) is 0 Å². The number of ether oxygens (including phenoxy) is 2. The van der Waals surface area contributed by atoms with Crippen molar-refractivity contribution in [3.63, 3.8) is 0 Å². The molecule has 0 aromatic rings. The molecule has 0 saturated carbocycles. The first-order valence-electron chi connectivity index (χ1n) is 6.71. The highest BCUT2D eigenvalue weighted by Gasteiger charge is 2.28. The number of carbonyl (C=O) groups is 2. The first kappa shape index (κ1) is 16.9. The molecule has 106 valence electrons. The summed E-state index contributed by atoms with van der Waals surface area (Å²) in [4.78, 5) is 23.3. The van der Waals surface area contributed by atoms with Crippen LogP contribution in [0.1, 0.15) is 40.0 Å². The van der Waals surface area contributed by atoms with Crippen molar-refractivity contribution in [3.05, 3.63) is 0 Å². The van der Waals surface area contributed by atoms with Gasteiger partial charge in [0.05, 0.1) is 13.2 Å². The van der Waals surface area contributed by atoms with E-state index in [0.717, 1.165) is 25.9 Å². The fourth-order valence-electron chi connectivity index (χ4n) is 1.59. The van der Waals surface area contributed by atoms with Crippen molar-refractivity contribution in [2.75, 3.05) is 26.3 Å². The average molecular weight is 259 g/mol. The van der Waals surface area contributed by atoms with Crippen LogP contribution in [0.3, 0.4) is 0 Å². The second-order valence-electron chi connectivity index (χ2n) is 3.91. The lowest BCUT2D eigenvalue weighted by Crippen LogP contribution is -2.28. The van der Waals surface area contributed by atoms with Crippen molar-refractivity contribution in [1.29, 1.82) is 0 Å².